The molecule has 0 saturated heterocycles. The minimum absolute atomic E-state index is 0.700. The van der Waals surface area contributed by atoms with Gasteiger partial charge in [0.05, 0.1) is 0 Å². The van der Waals surface area contributed by atoms with E-state index in [0.717, 1.165) is 29.6 Å². The number of hydrogen-bond donors (Lipinski definition) is 1. The Morgan fingerprint density at radius 1 is 0.826 bits per heavy atom. The van der Waals surface area contributed by atoms with E-state index >= 15 is 0 Å². The van der Waals surface area contributed by atoms with Crippen molar-refractivity contribution >= 4 is 0 Å². The SMILES string of the molecule is c1ccc2c(c1)CC(NCCCC1C3CC4CC(C3)CC1C4)C2. The lowest BCUT2D eigenvalue weighted by Crippen LogP contribution is -2.45. The summed E-state index contributed by atoms with van der Waals surface area (Å²) in [4.78, 5) is 0. The van der Waals surface area contributed by atoms with Gasteiger partial charge in [-0.25, -0.2) is 0 Å². The van der Waals surface area contributed by atoms with Gasteiger partial charge in [0.1, 0.15) is 0 Å². The minimum Gasteiger partial charge on any atom is -0.313 e. The molecule has 0 unspecified atom stereocenters. The molecule has 0 spiro atoms. The monoisotopic (exact) mass is 309 g/mol. The highest BCUT2D eigenvalue weighted by Crippen LogP contribution is 2.57. The second-order valence-corrected chi connectivity index (χ2v) is 9.06. The first-order chi connectivity index (χ1) is 11.3. The molecule has 0 atom stereocenters. The zero-order chi connectivity index (χ0) is 15.2. The second kappa shape index (κ2) is 5.92. The molecule has 1 nitrogen and oxygen atoms in total. The lowest BCUT2D eigenvalue weighted by atomic mass is 9.51. The number of nitrogens with one attached hydrogen (secondary N) is 1. The summed E-state index contributed by atoms with van der Waals surface area (Å²) in [5.41, 5.74) is 3.15. The lowest BCUT2D eigenvalue weighted by molar-refractivity contribution is -0.0402. The quantitative estimate of drug-likeness (QED) is 0.784. The summed E-state index contributed by atoms with van der Waals surface area (Å²) in [7, 11) is 0. The van der Waals surface area contributed by atoms with E-state index in [1.807, 2.05) is 0 Å². The molecule has 4 bridgehead atoms. The summed E-state index contributed by atoms with van der Waals surface area (Å²) in [6.07, 6.45) is 13.3. The molecule has 4 fully saturated rings. The zero-order valence-electron chi connectivity index (χ0n) is 14.3. The van der Waals surface area contributed by atoms with Crippen LogP contribution in [-0.4, -0.2) is 12.6 Å². The fraction of sp³-hybridized carbons (Fsp3) is 0.727. The minimum atomic E-state index is 0.700. The average molecular weight is 309 g/mol. The molecule has 1 aromatic rings. The molecule has 0 amide bonds. The molecule has 4 saturated carbocycles. The molecule has 6 rings (SSSR count). The van der Waals surface area contributed by atoms with E-state index in [2.05, 4.69) is 29.6 Å². The highest BCUT2D eigenvalue weighted by atomic mass is 14.9. The number of rotatable bonds is 5. The van der Waals surface area contributed by atoms with Crippen LogP contribution in [0.1, 0.15) is 56.1 Å². The molecule has 0 heterocycles. The van der Waals surface area contributed by atoms with Crippen LogP contribution in [0.15, 0.2) is 24.3 Å². The van der Waals surface area contributed by atoms with Gasteiger partial charge in [0.2, 0.25) is 0 Å². The van der Waals surface area contributed by atoms with Crippen molar-refractivity contribution in [3.63, 3.8) is 0 Å². The van der Waals surface area contributed by atoms with Gasteiger partial charge in [-0.15, -0.1) is 0 Å². The van der Waals surface area contributed by atoms with Crippen LogP contribution >= 0.6 is 0 Å². The predicted octanol–water partition coefficient (Wildman–Crippen LogP) is 4.60. The van der Waals surface area contributed by atoms with Crippen molar-refractivity contribution in [2.24, 2.45) is 29.6 Å². The maximum absolute atomic E-state index is 3.85. The fourth-order valence-corrected chi connectivity index (χ4v) is 6.86. The Balaban J connectivity index is 1.08. The highest BCUT2D eigenvalue weighted by molar-refractivity contribution is 5.33. The van der Waals surface area contributed by atoms with Crippen molar-refractivity contribution in [3.05, 3.63) is 35.4 Å². The smallest absolute Gasteiger partial charge is 0.0148 e. The Bertz CT molecular complexity index is 510. The zero-order valence-corrected chi connectivity index (χ0v) is 14.3. The van der Waals surface area contributed by atoms with Crippen LogP contribution in [0.4, 0.5) is 0 Å². The van der Waals surface area contributed by atoms with Gasteiger partial charge in [-0.3, -0.25) is 0 Å². The van der Waals surface area contributed by atoms with E-state index in [4.69, 9.17) is 0 Å². The molecule has 23 heavy (non-hydrogen) atoms. The van der Waals surface area contributed by atoms with Crippen LogP contribution in [-0.2, 0) is 12.8 Å². The Kier molecular flexibility index (Phi) is 3.73. The first-order valence-corrected chi connectivity index (χ1v) is 10.2. The molecule has 124 valence electrons. The summed E-state index contributed by atoms with van der Waals surface area (Å²) < 4.78 is 0. The average Bonchev–Trinajstić information content (AvgIpc) is 2.95. The van der Waals surface area contributed by atoms with Gasteiger partial charge in [0.15, 0.2) is 0 Å². The highest BCUT2D eigenvalue weighted by Gasteiger charge is 2.47. The van der Waals surface area contributed by atoms with Gasteiger partial charge >= 0.3 is 0 Å². The van der Waals surface area contributed by atoms with E-state index < -0.39 is 0 Å². The number of hydrogen-bond acceptors (Lipinski definition) is 1. The van der Waals surface area contributed by atoms with Crippen molar-refractivity contribution in [2.75, 3.05) is 6.54 Å². The predicted molar refractivity (Wildman–Crippen MR) is 95.4 cm³/mol. The van der Waals surface area contributed by atoms with Gasteiger partial charge in [-0.1, -0.05) is 24.3 Å². The van der Waals surface area contributed by atoms with Crippen LogP contribution in [0.3, 0.4) is 0 Å². The Morgan fingerprint density at radius 3 is 2.04 bits per heavy atom. The van der Waals surface area contributed by atoms with Gasteiger partial charge < -0.3 is 5.32 Å². The van der Waals surface area contributed by atoms with E-state index in [0.29, 0.717) is 6.04 Å². The van der Waals surface area contributed by atoms with Crippen molar-refractivity contribution in [1.82, 2.24) is 5.32 Å². The van der Waals surface area contributed by atoms with E-state index in [9.17, 15) is 0 Å². The molecule has 0 radical (unpaired) electrons. The van der Waals surface area contributed by atoms with Crippen molar-refractivity contribution in [3.8, 4) is 0 Å². The van der Waals surface area contributed by atoms with E-state index in [1.54, 1.807) is 43.2 Å². The molecule has 0 aromatic heterocycles. The summed E-state index contributed by atoms with van der Waals surface area (Å²) in [5.74, 6) is 5.57. The first-order valence-electron chi connectivity index (χ1n) is 10.2. The van der Waals surface area contributed by atoms with Crippen LogP contribution in [0.5, 0.6) is 0 Å². The summed E-state index contributed by atoms with van der Waals surface area (Å²) >= 11 is 0. The topological polar surface area (TPSA) is 12.0 Å². The molecule has 1 aromatic carbocycles. The Hall–Kier alpha value is -0.820. The molecule has 5 aliphatic rings. The standard InChI is InChI=1S/C22H31N/c1-2-5-18-14-21(13-17(18)4-1)23-7-3-6-22-19-9-15-8-16(11-19)12-20(22)10-15/h1-2,4-5,15-16,19-23H,3,6-14H2. The third-order valence-corrected chi connectivity index (χ3v) is 7.62. The Morgan fingerprint density at radius 2 is 1.43 bits per heavy atom. The Labute approximate surface area is 141 Å². The summed E-state index contributed by atoms with van der Waals surface area (Å²) in [6.45, 7) is 1.24. The van der Waals surface area contributed by atoms with E-state index in [1.165, 1.54) is 32.2 Å². The number of benzene rings is 1. The van der Waals surface area contributed by atoms with Crippen LogP contribution in [0.25, 0.3) is 0 Å². The number of fused-ring (bicyclic) bond motifs is 1. The molecule has 5 aliphatic carbocycles. The summed E-state index contributed by atoms with van der Waals surface area (Å²) in [6, 6.07) is 9.70. The van der Waals surface area contributed by atoms with Gasteiger partial charge in [-0.05, 0) is 105 Å². The lowest BCUT2D eigenvalue weighted by Gasteiger charge is -2.54. The molecule has 1 N–H and O–H groups in total. The van der Waals surface area contributed by atoms with Gasteiger partial charge in [-0.2, -0.15) is 0 Å². The van der Waals surface area contributed by atoms with Gasteiger partial charge in [0, 0.05) is 6.04 Å². The van der Waals surface area contributed by atoms with Crippen molar-refractivity contribution in [2.45, 2.75) is 63.8 Å². The fourth-order valence-electron chi connectivity index (χ4n) is 6.86. The maximum atomic E-state index is 3.85. The molecular formula is C22H31N. The maximum Gasteiger partial charge on any atom is 0.0148 e. The van der Waals surface area contributed by atoms with Crippen molar-refractivity contribution < 1.29 is 0 Å². The van der Waals surface area contributed by atoms with Crippen LogP contribution < -0.4 is 5.32 Å². The normalized spacial score (nSPS) is 38.2. The third-order valence-electron chi connectivity index (χ3n) is 7.62. The van der Waals surface area contributed by atoms with Crippen LogP contribution in [0, 0.1) is 29.6 Å². The third kappa shape index (κ3) is 2.76. The largest absolute Gasteiger partial charge is 0.313 e. The van der Waals surface area contributed by atoms with Crippen LogP contribution in [0.2, 0.25) is 0 Å². The van der Waals surface area contributed by atoms with Crippen molar-refractivity contribution in [1.29, 1.82) is 0 Å². The van der Waals surface area contributed by atoms with Gasteiger partial charge in [0.25, 0.3) is 0 Å². The summed E-state index contributed by atoms with van der Waals surface area (Å²) in [5, 5.41) is 3.85. The second-order valence-electron chi connectivity index (χ2n) is 9.06. The molecule has 1 heteroatoms. The molecular weight excluding hydrogens is 278 g/mol. The van der Waals surface area contributed by atoms with E-state index in [-0.39, 0.29) is 0 Å². The first kappa shape index (κ1) is 14.5. The molecule has 0 aliphatic heterocycles.